The SMILES string of the molecule is CCCCNc1nnc(-c2ccc(N=Nc3c(C)nn(CCO)c3C)cc2)s1. The van der Waals surface area contributed by atoms with Crippen LogP contribution in [0.3, 0.4) is 0 Å². The van der Waals surface area contributed by atoms with Crippen LogP contribution in [-0.2, 0) is 6.54 Å². The van der Waals surface area contributed by atoms with Crippen molar-refractivity contribution in [3.8, 4) is 10.6 Å². The van der Waals surface area contributed by atoms with Crippen LogP contribution in [-0.4, -0.2) is 38.2 Å². The van der Waals surface area contributed by atoms with Crippen LogP contribution in [0.2, 0.25) is 0 Å². The van der Waals surface area contributed by atoms with E-state index in [4.69, 9.17) is 5.11 Å². The van der Waals surface area contributed by atoms with Crippen LogP contribution in [0, 0.1) is 13.8 Å². The number of nitrogens with one attached hydrogen (secondary N) is 1. The molecule has 1 aromatic carbocycles. The first-order chi connectivity index (χ1) is 13.6. The van der Waals surface area contributed by atoms with E-state index in [2.05, 4.69) is 37.8 Å². The molecule has 3 aromatic rings. The number of aliphatic hydroxyl groups is 1. The monoisotopic (exact) mass is 399 g/mol. The number of unbranched alkanes of at least 4 members (excludes halogenated alkanes) is 1. The van der Waals surface area contributed by atoms with Crippen LogP contribution in [0.5, 0.6) is 0 Å². The summed E-state index contributed by atoms with van der Waals surface area (Å²) < 4.78 is 1.74. The van der Waals surface area contributed by atoms with E-state index < -0.39 is 0 Å². The smallest absolute Gasteiger partial charge is 0.206 e. The predicted octanol–water partition coefficient (Wildman–Crippen LogP) is 4.64. The summed E-state index contributed by atoms with van der Waals surface area (Å²) in [6, 6.07) is 7.76. The van der Waals surface area contributed by atoms with Crippen LogP contribution in [0.25, 0.3) is 10.6 Å². The summed E-state index contributed by atoms with van der Waals surface area (Å²) in [5, 5.41) is 35.6. The molecule has 2 N–H and O–H groups in total. The molecular formula is C19H25N7OS. The normalized spacial score (nSPS) is 11.4. The average molecular weight is 400 g/mol. The molecule has 0 amide bonds. The van der Waals surface area contributed by atoms with Gasteiger partial charge in [0.15, 0.2) is 0 Å². The van der Waals surface area contributed by atoms with E-state index in [1.54, 1.807) is 16.0 Å². The topological polar surface area (TPSA) is 101 Å². The second-order valence-corrected chi connectivity index (χ2v) is 7.38. The minimum Gasteiger partial charge on any atom is -0.394 e. The number of hydrogen-bond donors (Lipinski definition) is 2. The largest absolute Gasteiger partial charge is 0.394 e. The second-order valence-electron chi connectivity index (χ2n) is 6.41. The zero-order valence-electron chi connectivity index (χ0n) is 16.4. The third-order valence-electron chi connectivity index (χ3n) is 4.27. The van der Waals surface area contributed by atoms with Crippen molar-refractivity contribution in [1.82, 2.24) is 20.0 Å². The van der Waals surface area contributed by atoms with E-state index in [0.29, 0.717) is 6.54 Å². The lowest BCUT2D eigenvalue weighted by molar-refractivity contribution is 0.268. The molecule has 0 unspecified atom stereocenters. The Bertz CT molecular complexity index is 930. The van der Waals surface area contributed by atoms with Gasteiger partial charge in [-0.05, 0) is 44.5 Å². The maximum Gasteiger partial charge on any atom is 0.206 e. The Morgan fingerprint density at radius 3 is 2.64 bits per heavy atom. The predicted molar refractivity (Wildman–Crippen MR) is 112 cm³/mol. The van der Waals surface area contributed by atoms with E-state index in [1.165, 1.54) is 0 Å². The summed E-state index contributed by atoms with van der Waals surface area (Å²) in [5.74, 6) is 0. The van der Waals surface area contributed by atoms with Crippen molar-refractivity contribution < 1.29 is 5.11 Å². The summed E-state index contributed by atoms with van der Waals surface area (Å²) in [6.07, 6.45) is 2.27. The number of aromatic nitrogens is 4. The number of hydrogen-bond acceptors (Lipinski definition) is 8. The van der Waals surface area contributed by atoms with Gasteiger partial charge in [0.1, 0.15) is 10.7 Å². The fourth-order valence-corrected chi connectivity index (χ4v) is 3.48. The van der Waals surface area contributed by atoms with Gasteiger partial charge in [-0.1, -0.05) is 24.7 Å². The molecule has 28 heavy (non-hydrogen) atoms. The lowest BCUT2D eigenvalue weighted by Crippen LogP contribution is -2.05. The van der Waals surface area contributed by atoms with E-state index >= 15 is 0 Å². The zero-order chi connectivity index (χ0) is 19.9. The van der Waals surface area contributed by atoms with Gasteiger partial charge in [-0.25, -0.2) is 0 Å². The van der Waals surface area contributed by atoms with E-state index in [-0.39, 0.29) is 6.61 Å². The average Bonchev–Trinajstić information content (AvgIpc) is 3.27. The summed E-state index contributed by atoms with van der Waals surface area (Å²) in [5.41, 5.74) is 4.18. The lowest BCUT2D eigenvalue weighted by atomic mass is 10.2. The third-order valence-corrected chi connectivity index (χ3v) is 5.20. The molecule has 0 aliphatic rings. The highest BCUT2D eigenvalue weighted by Gasteiger charge is 2.11. The van der Waals surface area contributed by atoms with Crippen molar-refractivity contribution in [3.05, 3.63) is 35.7 Å². The van der Waals surface area contributed by atoms with Crippen LogP contribution in [0.4, 0.5) is 16.5 Å². The summed E-state index contributed by atoms with van der Waals surface area (Å²) in [6.45, 7) is 7.39. The molecule has 0 spiro atoms. The van der Waals surface area contributed by atoms with Gasteiger partial charge in [-0.3, -0.25) is 4.68 Å². The number of rotatable bonds is 9. The highest BCUT2D eigenvalue weighted by molar-refractivity contribution is 7.18. The molecule has 148 valence electrons. The molecule has 2 heterocycles. The van der Waals surface area contributed by atoms with Crippen LogP contribution >= 0.6 is 11.3 Å². The number of benzene rings is 1. The second kappa shape index (κ2) is 9.52. The quantitative estimate of drug-likeness (QED) is 0.403. The molecule has 0 bridgehead atoms. The first-order valence-electron chi connectivity index (χ1n) is 9.36. The first kappa shape index (κ1) is 20.1. The van der Waals surface area contributed by atoms with Crippen molar-refractivity contribution in [2.45, 2.75) is 40.2 Å². The Labute approximate surface area is 168 Å². The van der Waals surface area contributed by atoms with Crippen LogP contribution < -0.4 is 5.32 Å². The molecule has 0 atom stereocenters. The van der Waals surface area contributed by atoms with Crippen molar-refractivity contribution in [2.24, 2.45) is 10.2 Å². The highest BCUT2D eigenvalue weighted by Crippen LogP contribution is 2.29. The molecule has 3 rings (SSSR count). The van der Waals surface area contributed by atoms with Crippen LogP contribution in [0.15, 0.2) is 34.5 Å². The third kappa shape index (κ3) is 4.79. The van der Waals surface area contributed by atoms with Gasteiger partial charge in [0.05, 0.1) is 30.2 Å². The molecular weight excluding hydrogens is 374 g/mol. The molecule has 0 aliphatic heterocycles. The molecule has 0 aliphatic carbocycles. The molecule has 8 nitrogen and oxygen atoms in total. The van der Waals surface area contributed by atoms with E-state index in [9.17, 15) is 0 Å². The molecule has 0 saturated carbocycles. The zero-order valence-corrected chi connectivity index (χ0v) is 17.2. The number of aliphatic hydroxyl groups excluding tert-OH is 1. The standard InChI is InChI=1S/C19H25N7OS/c1-4-5-10-20-19-24-23-18(28-19)15-6-8-16(9-7-15)21-22-17-13(2)25-26(11-12-27)14(17)3/h6-9,27H,4-5,10-12H2,1-3H3,(H,20,24). The van der Waals surface area contributed by atoms with Gasteiger partial charge < -0.3 is 10.4 Å². The fourth-order valence-electron chi connectivity index (χ4n) is 2.71. The maximum atomic E-state index is 9.10. The van der Waals surface area contributed by atoms with Gasteiger partial charge in [0.2, 0.25) is 5.13 Å². The van der Waals surface area contributed by atoms with Gasteiger partial charge in [0.25, 0.3) is 0 Å². The fraction of sp³-hybridized carbons (Fsp3) is 0.421. The van der Waals surface area contributed by atoms with E-state index in [1.807, 2.05) is 38.1 Å². The van der Waals surface area contributed by atoms with Gasteiger partial charge in [0, 0.05) is 12.1 Å². The summed E-state index contributed by atoms with van der Waals surface area (Å²) in [7, 11) is 0. The summed E-state index contributed by atoms with van der Waals surface area (Å²) in [4.78, 5) is 0. The minimum absolute atomic E-state index is 0.0431. The van der Waals surface area contributed by atoms with E-state index in [0.717, 1.165) is 57.9 Å². The Morgan fingerprint density at radius 2 is 1.93 bits per heavy atom. The Morgan fingerprint density at radius 1 is 1.14 bits per heavy atom. The van der Waals surface area contributed by atoms with Gasteiger partial charge in [-0.2, -0.15) is 10.2 Å². The Hall–Kier alpha value is -2.65. The molecule has 2 aromatic heterocycles. The molecule has 0 saturated heterocycles. The Balaban J connectivity index is 1.69. The number of azo groups is 1. The number of nitrogens with zero attached hydrogens (tertiary/aromatic N) is 6. The molecule has 9 heteroatoms. The molecule has 0 radical (unpaired) electrons. The van der Waals surface area contributed by atoms with Gasteiger partial charge in [-0.15, -0.1) is 15.3 Å². The molecule has 0 fully saturated rings. The van der Waals surface area contributed by atoms with Crippen molar-refractivity contribution in [2.75, 3.05) is 18.5 Å². The van der Waals surface area contributed by atoms with Crippen molar-refractivity contribution in [1.29, 1.82) is 0 Å². The minimum atomic E-state index is 0.0431. The first-order valence-corrected chi connectivity index (χ1v) is 10.2. The van der Waals surface area contributed by atoms with Crippen molar-refractivity contribution in [3.63, 3.8) is 0 Å². The lowest BCUT2D eigenvalue weighted by Gasteiger charge is -2.00. The van der Waals surface area contributed by atoms with Crippen molar-refractivity contribution >= 4 is 27.8 Å². The number of aryl methyl sites for hydroxylation is 1. The van der Waals surface area contributed by atoms with Gasteiger partial charge >= 0.3 is 0 Å². The Kier molecular flexibility index (Phi) is 6.83. The summed E-state index contributed by atoms with van der Waals surface area (Å²) >= 11 is 1.54. The van der Waals surface area contributed by atoms with Crippen LogP contribution in [0.1, 0.15) is 31.2 Å². The maximum absolute atomic E-state index is 9.10. The highest BCUT2D eigenvalue weighted by atomic mass is 32.1. The number of anilines is 1.